The number of fused-ring (bicyclic) bond motifs is 1. The molecule has 0 radical (unpaired) electrons. The molecule has 3 rings (SSSR count). The van der Waals surface area contributed by atoms with Crippen LogP contribution in [0.25, 0.3) is 0 Å². The molecule has 2 aromatic rings. The van der Waals surface area contributed by atoms with Crippen molar-refractivity contribution in [2.24, 2.45) is 0 Å². The normalized spacial score (nSPS) is 12.4. The number of carbonyl (C=O) groups excluding carboxylic acids is 1. The number of anilines is 3. The number of carbonyl (C=O) groups is 1. The summed E-state index contributed by atoms with van der Waals surface area (Å²) < 4.78 is 11.0. The SMILES string of the molecule is CCCNc1cc(C)nc(NC(=O)Nc2ccc3c(c2)OCCO3)n1. The van der Waals surface area contributed by atoms with Crippen molar-refractivity contribution in [1.29, 1.82) is 0 Å². The average molecular weight is 343 g/mol. The van der Waals surface area contributed by atoms with E-state index in [0.29, 0.717) is 36.2 Å². The van der Waals surface area contributed by atoms with Crippen molar-refractivity contribution in [3.05, 3.63) is 30.0 Å². The van der Waals surface area contributed by atoms with Crippen molar-refractivity contribution in [2.75, 3.05) is 35.7 Å². The average Bonchev–Trinajstić information content (AvgIpc) is 2.59. The van der Waals surface area contributed by atoms with E-state index in [1.165, 1.54) is 0 Å². The molecular weight excluding hydrogens is 322 g/mol. The fourth-order valence-electron chi connectivity index (χ4n) is 2.35. The van der Waals surface area contributed by atoms with Gasteiger partial charge in [-0.25, -0.2) is 9.78 Å². The smallest absolute Gasteiger partial charge is 0.326 e. The zero-order chi connectivity index (χ0) is 17.6. The fraction of sp³-hybridized carbons (Fsp3) is 0.353. The number of rotatable bonds is 5. The number of nitrogens with zero attached hydrogens (tertiary/aromatic N) is 2. The summed E-state index contributed by atoms with van der Waals surface area (Å²) in [5, 5.41) is 8.56. The summed E-state index contributed by atoms with van der Waals surface area (Å²) in [6, 6.07) is 6.64. The molecule has 0 saturated carbocycles. The Morgan fingerprint density at radius 3 is 2.72 bits per heavy atom. The Balaban J connectivity index is 1.65. The van der Waals surface area contributed by atoms with Crippen LogP contribution in [0, 0.1) is 6.92 Å². The summed E-state index contributed by atoms with van der Waals surface area (Å²) in [4.78, 5) is 20.7. The van der Waals surface area contributed by atoms with Crippen LogP contribution in [0.3, 0.4) is 0 Å². The number of hydrogen-bond acceptors (Lipinski definition) is 6. The van der Waals surface area contributed by atoms with Crippen molar-refractivity contribution in [3.63, 3.8) is 0 Å². The number of ether oxygens (including phenoxy) is 2. The molecule has 8 nitrogen and oxygen atoms in total. The van der Waals surface area contributed by atoms with E-state index in [1.807, 2.05) is 13.0 Å². The second-order valence-corrected chi connectivity index (χ2v) is 5.58. The predicted molar refractivity (Wildman–Crippen MR) is 95.6 cm³/mol. The van der Waals surface area contributed by atoms with Gasteiger partial charge in [-0.05, 0) is 25.5 Å². The molecule has 3 N–H and O–H groups in total. The number of aromatic nitrogens is 2. The van der Waals surface area contributed by atoms with Crippen LogP contribution in [0.1, 0.15) is 19.0 Å². The summed E-state index contributed by atoms with van der Waals surface area (Å²) in [6.07, 6.45) is 0.983. The lowest BCUT2D eigenvalue weighted by Crippen LogP contribution is -2.22. The third-order valence-corrected chi connectivity index (χ3v) is 3.44. The Morgan fingerprint density at radius 1 is 1.12 bits per heavy atom. The molecule has 0 aliphatic carbocycles. The first kappa shape index (κ1) is 16.8. The van der Waals surface area contributed by atoms with Gasteiger partial charge in [0, 0.05) is 30.1 Å². The van der Waals surface area contributed by atoms with Gasteiger partial charge < -0.3 is 20.1 Å². The number of benzene rings is 1. The van der Waals surface area contributed by atoms with Crippen LogP contribution in [0.5, 0.6) is 11.5 Å². The van der Waals surface area contributed by atoms with Crippen LogP contribution in [0.15, 0.2) is 24.3 Å². The van der Waals surface area contributed by atoms with Crippen LogP contribution < -0.4 is 25.4 Å². The highest BCUT2D eigenvalue weighted by Gasteiger charge is 2.13. The number of aryl methyl sites for hydroxylation is 1. The van der Waals surface area contributed by atoms with Crippen molar-refractivity contribution in [3.8, 4) is 11.5 Å². The monoisotopic (exact) mass is 343 g/mol. The minimum atomic E-state index is -0.427. The summed E-state index contributed by atoms with van der Waals surface area (Å²) in [5.41, 5.74) is 1.36. The van der Waals surface area contributed by atoms with Gasteiger partial charge in [0.2, 0.25) is 5.95 Å². The summed E-state index contributed by atoms with van der Waals surface area (Å²) >= 11 is 0. The lowest BCUT2D eigenvalue weighted by molar-refractivity contribution is 0.171. The molecule has 1 aliphatic rings. The Hall–Kier alpha value is -3.03. The molecule has 0 saturated heterocycles. The number of urea groups is 1. The van der Waals surface area contributed by atoms with Gasteiger partial charge in [0.25, 0.3) is 0 Å². The van der Waals surface area contributed by atoms with E-state index in [9.17, 15) is 4.79 Å². The molecule has 0 spiro atoms. The van der Waals surface area contributed by atoms with Crippen LogP contribution in [0.2, 0.25) is 0 Å². The maximum Gasteiger partial charge on any atom is 0.326 e. The standard InChI is InChI=1S/C17H21N5O3/c1-3-6-18-15-9-11(2)19-16(21-15)22-17(23)20-12-4-5-13-14(10-12)25-8-7-24-13/h4-5,9-10H,3,6-8H2,1-2H3,(H3,18,19,20,21,22,23). The van der Waals surface area contributed by atoms with E-state index >= 15 is 0 Å². The molecule has 0 atom stereocenters. The van der Waals surface area contributed by atoms with Gasteiger partial charge in [0.1, 0.15) is 19.0 Å². The highest BCUT2D eigenvalue weighted by Crippen LogP contribution is 2.32. The Kier molecular flexibility index (Phi) is 5.17. The summed E-state index contributed by atoms with van der Waals surface area (Å²) in [6.45, 7) is 5.75. The lowest BCUT2D eigenvalue weighted by atomic mass is 10.2. The van der Waals surface area contributed by atoms with Gasteiger partial charge >= 0.3 is 6.03 Å². The fourth-order valence-corrected chi connectivity index (χ4v) is 2.35. The van der Waals surface area contributed by atoms with Crippen LogP contribution in [0.4, 0.5) is 22.2 Å². The van der Waals surface area contributed by atoms with Crippen molar-refractivity contribution < 1.29 is 14.3 Å². The largest absolute Gasteiger partial charge is 0.486 e. The second-order valence-electron chi connectivity index (χ2n) is 5.58. The lowest BCUT2D eigenvalue weighted by Gasteiger charge is -2.19. The van der Waals surface area contributed by atoms with E-state index in [4.69, 9.17) is 9.47 Å². The highest BCUT2D eigenvalue weighted by molar-refractivity contribution is 5.98. The molecule has 2 heterocycles. The third kappa shape index (κ3) is 4.50. The van der Waals surface area contributed by atoms with Crippen molar-refractivity contribution in [1.82, 2.24) is 9.97 Å². The number of hydrogen-bond donors (Lipinski definition) is 3. The topological polar surface area (TPSA) is 97.4 Å². The molecule has 0 unspecified atom stereocenters. The molecule has 0 fully saturated rings. The molecule has 25 heavy (non-hydrogen) atoms. The van der Waals surface area contributed by atoms with E-state index in [0.717, 1.165) is 18.7 Å². The van der Waals surface area contributed by atoms with Gasteiger partial charge in [0.05, 0.1) is 0 Å². The molecule has 0 bridgehead atoms. The quantitative estimate of drug-likeness (QED) is 0.772. The third-order valence-electron chi connectivity index (χ3n) is 3.44. The Labute approximate surface area is 146 Å². The van der Waals surface area contributed by atoms with Crippen LogP contribution >= 0.6 is 0 Å². The molecule has 8 heteroatoms. The van der Waals surface area contributed by atoms with Crippen molar-refractivity contribution >= 4 is 23.5 Å². The molecule has 132 valence electrons. The predicted octanol–water partition coefficient (Wildman–Crippen LogP) is 3.02. The van der Waals surface area contributed by atoms with Crippen molar-refractivity contribution in [2.45, 2.75) is 20.3 Å². The molecule has 2 amide bonds. The molecule has 1 aromatic carbocycles. The van der Waals surface area contributed by atoms with E-state index < -0.39 is 6.03 Å². The van der Waals surface area contributed by atoms with Gasteiger partial charge in [-0.2, -0.15) is 4.98 Å². The summed E-state index contributed by atoms with van der Waals surface area (Å²) in [7, 11) is 0. The van der Waals surface area contributed by atoms with Crippen LogP contribution in [-0.2, 0) is 0 Å². The first-order chi connectivity index (χ1) is 12.1. The number of nitrogens with one attached hydrogen (secondary N) is 3. The van der Waals surface area contributed by atoms with Crippen LogP contribution in [-0.4, -0.2) is 35.8 Å². The minimum absolute atomic E-state index is 0.244. The van der Waals surface area contributed by atoms with Gasteiger partial charge in [-0.3, -0.25) is 5.32 Å². The van der Waals surface area contributed by atoms with E-state index in [1.54, 1.807) is 18.2 Å². The molecule has 1 aromatic heterocycles. The van der Waals surface area contributed by atoms with E-state index in [-0.39, 0.29) is 5.95 Å². The zero-order valence-corrected chi connectivity index (χ0v) is 14.3. The molecule has 1 aliphatic heterocycles. The maximum absolute atomic E-state index is 12.2. The molecular formula is C17H21N5O3. The van der Waals surface area contributed by atoms with E-state index in [2.05, 4.69) is 32.8 Å². The van der Waals surface area contributed by atoms with Gasteiger partial charge in [-0.1, -0.05) is 6.92 Å². The Bertz CT molecular complexity index is 766. The van der Waals surface area contributed by atoms with Gasteiger partial charge in [-0.15, -0.1) is 0 Å². The van der Waals surface area contributed by atoms with Gasteiger partial charge in [0.15, 0.2) is 11.5 Å². The second kappa shape index (κ2) is 7.69. The maximum atomic E-state index is 12.2. The zero-order valence-electron chi connectivity index (χ0n) is 14.3. The summed E-state index contributed by atoms with van der Waals surface area (Å²) in [5.74, 6) is 2.21. The first-order valence-corrected chi connectivity index (χ1v) is 8.21. The Morgan fingerprint density at radius 2 is 1.92 bits per heavy atom. The number of amides is 2. The highest BCUT2D eigenvalue weighted by atomic mass is 16.6. The first-order valence-electron chi connectivity index (χ1n) is 8.21. The minimum Gasteiger partial charge on any atom is -0.486 e.